The highest BCUT2D eigenvalue weighted by Gasteiger charge is 1.94. The molecular formula is C18H36O9. The fraction of sp³-hybridized carbons (Fsp3) is 0.889. The van der Waals surface area contributed by atoms with Gasteiger partial charge in [0.1, 0.15) is 6.61 Å². The molecule has 0 unspecified atom stereocenters. The van der Waals surface area contributed by atoms with Gasteiger partial charge in [-0.25, -0.2) is 0 Å². The van der Waals surface area contributed by atoms with Crippen molar-refractivity contribution in [2.75, 3.05) is 106 Å². The summed E-state index contributed by atoms with van der Waals surface area (Å²) in [6.07, 6.45) is 1.39. The summed E-state index contributed by atoms with van der Waals surface area (Å²) in [6.45, 7) is 11.1. The van der Waals surface area contributed by atoms with Crippen molar-refractivity contribution in [2.45, 2.75) is 0 Å². The van der Waals surface area contributed by atoms with Gasteiger partial charge in [-0.3, -0.25) is 0 Å². The highest BCUT2D eigenvalue weighted by molar-refractivity contribution is 4.47. The van der Waals surface area contributed by atoms with Crippen molar-refractivity contribution in [3.63, 3.8) is 0 Å². The Kier molecular flexibility index (Phi) is 24.5. The SMILES string of the molecule is C=COCCOCCOCCOCCOCCOCCOCCOCCO. The molecule has 0 aliphatic rings. The molecule has 0 aliphatic heterocycles. The molecule has 162 valence electrons. The predicted molar refractivity (Wildman–Crippen MR) is 99.0 cm³/mol. The van der Waals surface area contributed by atoms with E-state index < -0.39 is 0 Å². The molecule has 0 aromatic rings. The molecule has 0 heterocycles. The van der Waals surface area contributed by atoms with Gasteiger partial charge in [-0.2, -0.15) is 0 Å². The van der Waals surface area contributed by atoms with E-state index in [1.54, 1.807) is 0 Å². The first kappa shape index (κ1) is 26.2. The third-order valence-electron chi connectivity index (χ3n) is 2.93. The summed E-state index contributed by atoms with van der Waals surface area (Å²) >= 11 is 0. The predicted octanol–water partition coefficient (Wildman–Crippen LogP) is 0.255. The van der Waals surface area contributed by atoms with Crippen molar-refractivity contribution in [1.82, 2.24) is 0 Å². The highest BCUT2D eigenvalue weighted by atomic mass is 16.6. The lowest BCUT2D eigenvalue weighted by Gasteiger charge is -2.08. The third kappa shape index (κ3) is 25.2. The molecule has 0 radical (unpaired) electrons. The van der Waals surface area contributed by atoms with Gasteiger partial charge >= 0.3 is 0 Å². The zero-order valence-corrected chi connectivity index (χ0v) is 16.3. The minimum Gasteiger partial charge on any atom is -0.499 e. The number of aliphatic hydroxyl groups excluding tert-OH is 1. The van der Waals surface area contributed by atoms with Crippen molar-refractivity contribution in [3.8, 4) is 0 Å². The van der Waals surface area contributed by atoms with Crippen molar-refractivity contribution in [3.05, 3.63) is 12.8 Å². The quantitative estimate of drug-likeness (QED) is 0.182. The Balaban J connectivity index is 2.96. The van der Waals surface area contributed by atoms with E-state index in [4.69, 9.17) is 43.0 Å². The maximum absolute atomic E-state index is 8.52. The smallest absolute Gasteiger partial charge is 0.111 e. The molecule has 0 amide bonds. The first-order chi connectivity index (χ1) is 13.4. The molecule has 0 atom stereocenters. The van der Waals surface area contributed by atoms with Gasteiger partial charge in [0.05, 0.1) is 105 Å². The first-order valence-corrected chi connectivity index (χ1v) is 9.29. The molecule has 0 rings (SSSR count). The molecule has 0 spiro atoms. The number of aliphatic hydroxyl groups is 1. The van der Waals surface area contributed by atoms with Gasteiger partial charge in [0.25, 0.3) is 0 Å². The standard InChI is InChI=1S/C18H36O9/c1-2-20-5-6-22-9-10-24-13-14-26-17-18-27-16-15-25-12-11-23-8-7-21-4-3-19/h2,19H,1,3-18H2. The number of hydrogen-bond donors (Lipinski definition) is 1. The Hall–Kier alpha value is -0.780. The van der Waals surface area contributed by atoms with Crippen LogP contribution in [0.25, 0.3) is 0 Å². The van der Waals surface area contributed by atoms with Crippen molar-refractivity contribution < 1.29 is 43.0 Å². The van der Waals surface area contributed by atoms with Crippen LogP contribution in [0.5, 0.6) is 0 Å². The Labute approximate surface area is 162 Å². The average Bonchev–Trinajstić information content (AvgIpc) is 2.68. The summed E-state index contributed by atoms with van der Waals surface area (Å²) in [6, 6.07) is 0. The van der Waals surface area contributed by atoms with Gasteiger partial charge in [0, 0.05) is 0 Å². The summed E-state index contributed by atoms with van der Waals surface area (Å²) in [5.74, 6) is 0. The summed E-state index contributed by atoms with van der Waals surface area (Å²) in [5, 5.41) is 8.52. The lowest BCUT2D eigenvalue weighted by molar-refractivity contribution is -0.0225. The molecule has 0 saturated carbocycles. The van der Waals surface area contributed by atoms with E-state index >= 15 is 0 Å². The monoisotopic (exact) mass is 396 g/mol. The maximum atomic E-state index is 8.52. The van der Waals surface area contributed by atoms with Crippen LogP contribution >= 0.6 is 0 Å². The number of rotatable bonds is 24. The van der Waals surface area contributed by atoms with E-state index in [0.29, 0.717) is 99.1 Å². The Morgan fingerprint density at radius 2 is 0.704 bits per heavy atom. The average molecular weight is 396 g/mol. The first-order valence-electron chi connectivity index (χ1n) is 9.29. The maximum Gasteiger partial charge on any atom is 0.111 e. The molecule has 0 aromatic carbocycles. The van der Waals surface area contributed by atoms with Crippen LogP contribution in [0.3, 0.4) is 0 Å². The highest BCUT2D eigenvalue weighted by Crippen LogP contribution is 1.85. The largest absolute Gasteiger partial charge is 0.499 e. The minimum atomic E-state index is 0.0326. The Morgan fingerprint density at radius 3 is 0.963 bits per heavy atom. The van der Waals surface area contributed by atoms with Crippen molar-refractivity contribution in [2.24, 2.45) is 0 Å². The Morgan fingerprint density at radius 1 is 0.444 bits per heavy atom. The lowest BCUT2D eigenvalue weighted by Crippen LogP contribution is -2.15. The molecular weight excluding hydrogens is 360 g/mol. The normalized spacial score (nSPS) is 11.0. The van der Waals surface area contributed by atoms with Gasteiger partial charge in [-0.15, -0.1) is 0 Å². The molecule has 0 aliphatic carbocycles. The molecule has 1 N–H and O–H groups in total. The van der Waals surface area contributed by atoms with Gasteiger partial charge < -0.3 is 43.0 Å². The summed E-state index contributed by atoms with van der Waals surface area (Å²) < 4.78 is 42.0. The summed E-state index contributed by atoms with van der Waals surface area (Å²) in [7, 11) is 0. The van der Waals surface area contributed by atoms with E-state index in [9.17, 15) is 0 Å². The molecule has 0 bridgehead atoms. The van der Waals surface area contributed by atoms with Crippen LogP contribution in [-0.4, -0.2) is 111 Å². The molecule has 0 aromatic heterocycles. The Bertz CT molecular complexity index is 280. The third-order valence-corrected chi connectivity index (χ3v) is 2.93. The van der Waals surface area contributed by atoms with Crippen molar-refractivity contribution in [1.29, 1.82) is 0 Å². The van der Waals surface area contributed by atoms with Crippen LogP contribution in [-0.2, 0) is 37.9 Å². The second kappa shape index (κ2) is 25.2. The lowest BCUT2D eigenvalue weighted by atomic mass is 10.6. The van der Waals surface area contributed by atoms with Gasteiger partial charge in [-0.1, -0.05) is 6.58 Å². The second-order valence-corrected chi connectivity index (χ2v) is 5.05. The van der Waals surface area contributed by atoms with E-state index in [2.05, 4.69) is 6.58 Å². The summed E-state index contributed by atoms with van der Waals surface area (Å²) in [4.78, 5) is 0. The van der Waals surface area contributed by atoms with E-state index in [0.717, 1.165) is 0 Å². The minimum absolute atomic E-state index is 0.0326. The van der Waals surface area contributed by atoms with Crippen LogP contribution in [0, 0.1) is 0 Å². The summed E-state index contributed by atoms with van der Waals surface area (Å²) in [5.41, 5.74) is 0. The van der Waals surface area contributed by atoms with Gasteiger partial charge in [0.15, 0.2) is 0 Å². The molecule has 0 fully saturated rings. The molecule has 0 saturated heterocycles. The zero-order valence-electron chi connectivity index (χ0n) is 16.3. The fourth-order valence-corrected chi connectivity index (χ4v) is 1.68. The van der Waals surface area contributed by atoms with E-state index in [1.807, 2.05) is 0 Å². The van der Waals surface area contributed by atoms with Crippen LogP contribution in [0.15, 0.2) is 12.8 Å². The molecule has 9 heteroatoms. The number of ether oxygens (including phenoxy) is 8. The topological polar surface area (TPSA) is 94.1 Å². The fourth-order valence-electron chi connectivity index (χ4n) is 1.68. The molecule has 27 heavy (non-hydrogen) atoms. The van der Waals surface area contributed by atoms with Gasteiger partial charge in [0.2, 0.25) is 0 Å². The second-order valence-electron chi connectivity index (χ2n) is 5.05. The zero-order chi connectivity index (χ0) is 19.7. The number of hydrogen-bond acceptors (Lipinski definition) is 9. The van der Waals surface area contributed by atoms with E-state index in [1.165, 1.54) is 6.26 Å². The van der Waals surface area contributed by atoms with E-state index in [-0.39, 0.29) is 6.61 Å². The van der Waals surface area contributed by atoms with Crippen LogP contribution in [0.4, 0.5) is 0 Å². The van der Waals surface area contributed by atoms with Crippen LogP contribution in [0.1, 0.15) is 0 Å². The van der Waals surface area contributed by atoms with Crippen molar-refractivity contribution >= 4 is 0 Å². The van der Waals surface area contributed by atoms with Gasteiger partial charge in [-0.05, 0) is 0 Å². The van der Waals surface area contributed by atoms with Crippen LogP contribution < -0.4 is 0 Å². The molecule has 9 nitrogen and oxygen atoms in total. The van der Waals surface area contributed by atoms with Crippen LogP contribution in [0.2, 0.25) is 0 Å².